The van der Waals surface area contributed by atoms with Crippen molar-refractivity contribution in [1.29, 1.82) is 0 Å². The monoisotopic (exact) mass is 517 g/mol. The zero-order valence-electron chi connectivity index (χ0n) is 21.4. The van der Waals surface area contributed by atoms with Crippen LogP contribution in [-0.2, 0) is 19.7 Å². The lowest BCUT2D eigenvalue weighted by Gasteiger charge is -2.22. The van der Waals surface area contributed by atoms with Gasteiger partial charge in [0.25, 0.3) is 11.5 Å². The van der Waals surface area contributed by atoms with Crippen LogP contribution in [0.15, 0.2) is 59.7 Å². The lowest BCUT2D eigenvalue weighted by Crippen LogP contribution is -2.33. The van der Waals surface area contributed by atoms with E-state index in [1.165, 1.54) is 23.1 Å². The molecule has 0 saturated carbocycles. The number of hydrogen-bond donors (Lipinski definition) is 1. The molecular formula is C27H28FN7O3. The van der Waals surface area contributed by atoms with Gasteiger partial charge in [-0.25, -0.2) is 19.0 Å². The summed E-state index contributed by atoms with van der Waals surface area (Å²) in [7, 11) is 0. The minimum atomic E-state index is -0.575. The number of amides is 1. The molecule has 0 bridgehead atoms. The van der Waals surface area contributed by atoms with Gasteiger partial charge in [-0.1, -0.05) is 36.4 Å². The van der Waals surface area contributed by atoms with Gasteiger partial charge in [0.05, 0.1) is 5.69 Å². The van der Waals surface area contributed by atoms with Gasteiger partial charge < -0.3 is 15.0 Å². The Hall–Kier alpha value is -4.54. The highest BCUT2D eigenvalue weighted by molar-refractivity contribution is 5.95. The fourth-order valence-electron chi connectivity index (χ4n) is 4.38. The van der Waals surface area contributed by atoms with Crippen LogP contribution in [-0.4, -0.2) is 42.8 Å². The molecule has 0 unspecified atom stereocenters. The minimum absolute atomic E-state index is 0.0411. The van der Waals surface area contributed by atoms with E-state index < -0.39 is 17.3 Å². The van der Waals surface area contributed by atoms with Crippen molar-refractivity contribution in [3.63, 3.8) is 0 Å². The maximum absolute atomic E-state index is 14.0. The number of fused-ring (bicyclic) bond motifs is 1. The molecule has 196 valence electrons. The normalized spacial score (nSPS) is 12.6. The van der Waals surface area contributed by atoms with Crippen LogP contribution in [0, 0.1) is 12.7 Å². The van der Waals surface area contributed by atoms with Crippen molar-refractivity contribution in [3.05, 3.63) is 93.7 Å². The molecule has 0 radical (unpaired) electrons. The second-order valence-corrected chi connectivity index (χ2v) is 9.30. The van der Waals surface area contributed by atoms with Gasteiger partial charge in [0, 0.05) is 25.7 Å². The maximum atomic E-state index is 14.0. The van der Waals surface area contributed by atoms with Gasteiger partial charge in [0.15, 0.2) is 5.69 Å². The van der Waals surface area contributed by atoms with Crippen LogP contribution in [0.5, 0.6) is 5.75 Å². The van der Waals surface area contributed by atoms with Gasteiger partial charge in [-0.15, -0.1) is 0 Å². The molecule has 11 heteroatoms. The number of carbonyl (C=O) groups excluding carboxylic acids is 1. The number of halogens is 1. The van der Waals surface area contributed by atoms with Crippen molar-refractivity contribution in [2.45, 2.75) is 46.5 Å². The van der Waals surface area contributed by atoms with E-state index in [0.717, 1.165) is 5.56 Å². The van der Waals surface area contributed by atoms with E-state index in [9.17, 15) is 14.0 Å². The number of hydrogen-bond acceptors (Lipinski definition) is 7. The quantitative estimate of drug-likeness (QED) is 0.383. The zero-order chi connectivity index (χ0) is 26.8. The van der Waals surface area contributed by atoms with Crippen molar-refractivity contribution in [3.8, 4) is 11.4 Å². The van der Waals surface area contributed by atoms with Crippen LogP contribution >= 0.6 is 0 Å². The summed E-state index contributed by atoms with van der Waals surface area (Å²) in [5.74, 6) is -0.159. The van der Waals surface area contributed by atoms with E-state index in [2.05, 4.69) is 20.4 Å². The van der Waals surface area contributed by atoms with E-state index in [0.29, 0.717) is 36.1 Å². The average Bonchev–Trinajstić information content (AvgIpc) is 3.54. The average molecular weight is 518 g/mol. The number of ether oxygens (including phenoxy) is 1. The van der Waals surface area contributed by atoms with E-state index in [-0.39, 0.29) is 30.6 Å². The molecule has 0 spiro atoms. The lowest BCUT2D eigenvalue weighted by molar-refractivity contribution is 0.0940. The summed E-state index contributed by atoms with van der Waals surface area (Å²) < 4.78 is 22.9. The first-order valence-corrected chi connectivity index (χ1v) is 12.4. The predicted octanol–water partition coefficient (Wildman–Crippen LogP) is 3.01. The third-order valence-electron chi connectivity index (χ3n) is 6.33. The zero-order valence-corrected chi connectivity index (χ0v) is 21.4. The first-order valence-electron chi connectivity index (χ1n) is 12.4. The summed E-state index contributed by atoms with van der Waals surface area (Å²) in [4.78, 5) is 37.6. The second kappa shape index (κ2) is 10.4. The van der Waals surface area contributed by atoms with Gasteiger partial charge in [-0.3, -0.25) is 14.2 Å². The Kier molecular flexibility index (Phi) is 6.91. The summed E-state index contributed by atoms with van der Waals surface area (Å²) in [6, 6.07) is 13.7. The fraction of sp³-hybridized carbons (Fsp3) is 0.296. The smallest absolute Gasteiger partial charge is 0.298 e. The number of nitrogens with one attached hydrogen (secondary N) is 1. The molecule has 1 N–H and O–H groups in total. The molecular weight excluding hydrogens is 489 g/mol. The molecule has 38 heavy (non-hydrogen) atoms. The standard InChI is InChI=1S/C27H28FN7O3/c1-17(2)33-11-12-34-26(37)24(38-15-19-7-5-4-6-8-19)23(31-27(33)34)25(36)29-14-20-9-10-21(28)13-22(20)35-16-30-18(3)32-35/h4-10,13,16-17H,11-12,14-15H2,1-3H3,(H,29,36). The molecule has 4 aromatic rings. The first kappa shape index (κ1) is 25.1. The van der Waals surface area contributed by atoms with Crippen molar-refractivity contribution < 1.29 is 13.9 Å². The third kappa shape index (κ3) is 4.99. The SMILES string of the molecule is Cc1ncn(-c2cc(F)ccc2CNC(=O)c2nc3n(c(=O)c2OCc2ccccc2)CCN3C(C)C)n1. The van der Waals surface area contributed by atoms with Crippen LogP contribution in [0.1, 0.15) is 41.3 Å². The number of carbonyl (C=O) groups is 1. The molecule has 3 heterocycles. The summed E-state index contributed by atoms with van der Waals surface area (Å²) in [5.41, 5.74) is 1.41. The molecule has 0 aliphatic carbocycles. The van der Waals surface area contributed by atoms with E-state index in [1.54, 1.807) is 17.6 Å². The van der Waals surface area contributed by atoms with Crippen molar-refractivity contribution in [2.75, 3.05) is 11.4 Å². The molecule has 2 aromatic carbocycles. The van der Waals surface area contributed by atoms with Gasteiger partial charge in [-0.05, 0) is 44.0 Å². The van der Waals surface area contributed by atoms with Gasteiger partial charge >= 0.3 is 0 Å². The van der Waals surface area contributed by atoms with E-state index >= 15 is 0 Å². The van der Waals surface area contributed by atoms with Crippen molar-refractivity contribution >= 4 is 11.9 Å². The van der Waals surface area contributed by atoms with Crippen molar-refractivity contribution in [2.24, 2.45) is 0 Å². The summed E-state index contributed by atoms with van der Waals surface area (Å²) >= 11 is 0. The molecule has 1 aliphatic heterocycles. The lowest BCUT2D eigenvalue weighted by atomic mass is 10.1. The summed E-state index contributed by atoms with van der Waals surface area (Å²) in [6.45, 7) is 6.95. The van der Waals surface area contributed by atoms with E-state index in [4.69, 9.17) is 4.74 Å². The number of aromatic nitrogens is 5. The van der Waals surface area contributed by atoms with Crippen LogP contribution in [0.25, 0.3) is 5.69 Å². The minimum Gasteiger partial charge on any atom is -0.481 e. The Bertz CT molecular complexity index is 1530. The second-order valence-electron chi connectivity index (χ2n) is 9.30. The van der Waals surface area contributed by atoms with Gasteiger partial charge in [0.2, 0.25) is 11.7 Å². The number of benzene rings is 2. The van der Waals surface area contributed by atoms with Gasteiger partial charge in [0.1, 0.15) is 24.6 Å². The van der Waals surface area contributed by atoms with Crippen LogP contribution < -0.4 is 20.5 Å². The Labute approximate surface area is 218 Å². The summed E-state index contributed by atoms with van der Waals surface area (Å²) in [6.07, 6.45) is 1.48. The number of aryl methyl sites for hydroxylation is 1. The number of nitrogens with zero attached hydrogens (tertiary/aromatic N) is 6. The van der Waals surface area contributed by atoms with Crippen LogP contribution in [0.2, 0.25) is 0 Å². The summed E-state index contributed by atoms with van der Waals surface area (Å²) in [5, 5.41) is 7.08. The Morgan fingerprint density at radius 2 is 1.95 bits per heavy atom. The van der Waals surface area contributed by atoms with Crippen LogP contribution in [0.4, 0.5) is 10.3 Å². The highest BCUT2D eigenvalue weighted by Crippen LogP contribution is 2.24. The molecule has 1 amide bonds. The Morgan fingerprint density at radius 1 is 1.16 bits per heavy atom. The topological polar surface area (TPSA) is 107 Å². The molecule has 1 aliphatic rings. The van der Waals surface area contributed by atoms with Crippen molar-refractivity contribution in [1.82, 2.24) is 29.6 Å². The molecule has 0 fully saturated rings. The largest absolute Gasteiger partial charge is 0.481 e. The number of rotatable bonds is 8. The fourth-order valence-corrected chi connectivity index (χ4v) is 4.38. The molecule has 10 nitrogen and oxygen atoms in total. The predicted molar refractivity (Wildman–Crippen MR) is 139 cm³/mol. The molecule has 2 aromatic heterocycles. The maximum Gasteiger partial charge on any atom is 0.298 e. The van der Waals surface area contributed by atoms with Crippen LogP contribution in [0.3, 0.4) is 0 Å². The third-order valence-corrected chi connectivity index (χ3v) is 6.33. The Morgan fingerprint density at radius 3 is 2.66 bits per heavy atom. The van der Waals surface area contributed by atoms with Gasteiger partial charge in [-0.2, -0.15) is 5.10 Å². The molecule has 0 atom stereocenters. The molecule has 5 rings (SSSR count). The Balaban J connectivity index is 1.47. The number of anilines is 1. The molecule has 0 saturated heterocycles. The first-order chi connectivity index (χ1) is 18.3. The van der Waals surface area contributed by atoms with E-state index in [1.807, 2.05) is 49.1 Å². The highest BCUT2D eigenvalue weighted by Gasteiger charge is 2.30. The highest BCUT2D eigenvalue weighted by atomic mass is 19.1.